The lowest BCUT2D eigenvalue weighted by Gasteiger charge is -2.13. The molecule has 0 fully saturated rings. The average Bonchev–Trinajstić information content (AvgIpc) is 3.06. The maximum absolute atomic E-state index is 6.17. The minimum atomic E-state index is 0.487. The summed E-state index contributed by atoms with van der Waals surface area (Å²) >= 11 is 10.1. The maximum atomic E-state index is 6.17. The van der Waals surface area contributed by atoms with E-state index in [1.165, 1.54) is 0 Å². The van der Waals surface area contributed by atoms with Gasteiger partial charge in [0.2, 0.25) is 0 Å². The molecule has 1 atom stereocenters. The predicted molar refractivity (Wildman–Crippen MR) is 137 cm³/mol. The molecule has 3 aromatic heterocycles. The van der Waals surface area contributed by atoms with Crippen molar-refractivity contribution in [2.45, 2.75) is 18.7 Å². The van der Waals surface area contributed by atoms with E-state index < -0.39 is 0 Å². The van der Waals surface area contributed by atoms with Crippen molar-refractivity contribution < 1.29 is 0 Å². The number of anilines is 4. The number of rotatable bonds is 6. The van der Waals surface area contributed by atoms with Gasteiger partial charge in [-0.25, -0.2) is 9.97 Å². The second kappa shape index (κ2) is 9.21. The van der Waals surface area contributed by atoms with Crippen LogP contribution in [0.5, 0.6) is 0 Å². The zero-order chi connectivity index (χ0) is 21.3. The Labute approximate surface area is 198 Å². The molecule has 4 aromatic rings. The molecular weight excluding hydrogens is 552 g/mol. The summed E-state index contributed by atoms with van der Waals surface area (Å²) in [5.41, 5.74) is 4.31. The minimum absolute atomic E-state index is 0.487. The molecule has 0 aliphatic rings. The van der Waals surface area contributed by atoms with Crippen LogP contribution in [0.15, 0.2) is 41.3 Å². The zero-order valence-corrected chi connectivity index (χ0v) is 21.1. The number of halogens is 2. The number of hydrogen-bond acceptors (Lipinski definition) is 7. The van der Waals surface area contributed by atoms with Gasteiger partial charge in [-0.05, 0) is 72.5 Å². The first-order chi connectivity index (χ1) is 14.5. The van der Waals surface area contributed by atoms with Gasteiger partial charge in [-0.1, -0.05) is 11.6 Å². The van der Waals surface area contributed by atoms with Crippen LogP contribution >= 0.6 is 51.8 Å². The molecule has 0 aliphatic carbocycles. The first-order valence-corrected chi connectivity index (χ1v) is 14.6. The molecule has 0 bridgehead atoms. The molecule has 1 unspecified atom stereocenters. The molecule has 11 heteroatoms. The van der Waals surface area contributed by atoms with Crippen LogP contribution in [0, 0.1) is 13.8 Å². The van der Waals surface area contributed by atoms with Gasteiger partial charge in [-0.2, -0.15) is 5.10 Å². The molecule has 0 spiro atoms. The van der Waals surface area contributed by atoms with Crippen molar-refractivity contribution in [2.24, 2.45) is 0 Å². The molecule has 3 heterocycles. The Balaban J connectivity index is 1.82. The number of imidazole rings is 1. The molecule has 0 saturated heterocycles. The highest BCUT2D eigenvalue weighted by molar-refractivity contribution is 14.2. The summed E-state index contributed by atoms with van der Waals surface area (Å²) in [6, 6.07) is 11.5. The van der Waals surface area contributed by atoms with Gasteiger partial charge in [0.1, 0.15) is 17.2 Å². The topological polar surface area (TPSA) is 80.6 Å². The van der Waals surface area contributed by atoms with E-state index in [1.54, 1.807) is 11.8 Å². The van der Waals surface area contributed by atoms with Gasteiger partial charge >= 0.3 is 0 Å². The Kier molecular flexibility index (Phi) is 6.62. The number of thioether (sulfide) groups is 1. The zero-order valence-electron chi connectivity index (χ0n) is 16.4. The quantitative estimate of drug-likeness (QED) is 0.156. The summed E-state index contributed by atoms with van der Waals surface area (Å²) in [5.74, 6) is 2.22. The van der Waals surface area contributed by atoms with E-state index in [0.717, 1.165) is 39.0 Å². The van der Waals surface area contributed by atoms with E-state index >= 15 is 0 Å². The Morgan fingerprint density at radius 1 is 1.00 bits per heavy atom. The molecule has 2 N–H and O–H groups in total. The van der Waals surface area contributed by atoms with Crippen molar-refractivity contribution in [1.29, 1.82) is 0 Å². The summed E-state index contributed by atoms with van der Waals surface area (Å²) < 4.78 is 2.10. The van der Waals surface area contributed by atoms with Crippen LogP contribution < -0.4 is 10.6 Å². The Morgan fingerprint density at radius 2 is 1.83 bits per heavy atom. The summed E-state index contributed by atoms with van der Waals surface area (Å²) in [7, 11) is 0. The molecule has 1 aromatic carbocycles. The number of nitrogens with zero attached hydrogens (tertiary/aromatic N) is 5. The number of nitrogens with one attached hydrogen (secondary N) is 2. The van der Waals surface area contributed by atoms with E-state index in [2.05, 4.69) is 47.2 Å². The number of fused-ring (bicyclic) bond motifs is 1. The average molecular weight is 570 g/mol. The van der Waals surface area contributed by atoms with E-state index in [9.17, 15) is 0 Å². The fourth-order valence-electron chi connectivity index (χ4n) is 2.93. The van der Waals surface area contributed by atoms with Crippen LogP contribution in [0.2, 0.25) is 5.02 Å². The third kappa shape index (κ3) is 4.49. The molecule has 0 amide bonds. The van der Waals surface area contributed by atoms with E-state index in [-0.39, 0.29) is 0 Å². The summed E-state index contributed by atoms with van der Waals surface area (Å²) in [5, 5.41) is 15.8. The van der Waals surface area contributed by atoms with Crippen LogP contribution in [-0.4, -0.2) is 30.8 Å². The highest BCUT2D eigenvalue weighted by atomic mass is 127. The Hall–Kier alpha value is -1.68. The summed E-state index contributed by atoms with van der Waals surface area (Å²) in [6.45, 7) is 3.90. The molecule has 0 saturated carbocycles. The molecular formula is C19H18ClIN7PS. The van der Waals surface area contributed by atoms with Crippen molar-refractivity contribution in [3.63, 3.8) is 0 Å². The predicted octanol–water partition coefficient (Wildman–Crippen LogP) is 6.49. The lowest BCUT2D eigenvalue weighted by atomic mass is 10.2. The fourth-order valence-corrected chi connectivity index (χ4v) is 5.89. The second-order valence-electron chi connectivity index (χ2n) is 6.46. The highest BCUT2D eigenvalue weighted by Gasteiger charge is 2.16. The van der Waals surface area contributed by atoms with Crippen LogP contribution in [0.1, 0.15) is 11.5 Å². The first-order valence-electron chi connectivity index (χ1n) is 8.93. The van der Waals surface area contributed by atoms with Gasteiger partial charge in [-0.15, -0.1) is 16.9 Å². The van der Waals surface area contributed by atoms with E-state index in [4.69, 9.17) is 21.6 Å². The fraction of sp³-hybridized carbons (Fsp3) is 0.158. The van der Waals surface area contributed by atoms with Crippen molar-refractivity contribution in [1.82, 2.24) is 24.5 Å². The van der Waals surface area contributed by atoms with E-state index in [1.807, 2.05) is 56.5 Å². The van der Waals surface area contributed by atoms with Crippen LogP contribution in [-0.2, 0) is 0 Å². The molecule has 30 heavy (non-hydrogen) atoms. The molecule has 0 aliphatic heterocycles. The van der Waals surface area contributed by atoms with Gasteiger partial charge in [0.15, 0.2) is 11.5 Å². The molecule has 0 radical (unpaired) electrons. The van der Waals surface area contributed by atoms with Gasteiger partial charge in [0.25, 0.3) is 0 Å². The molecule has 7 nitrogen and oxygen atoms in total. The van der Waals surface area contributed by atoms with Crippen molar-refractivity contribution in [2.75, 3.05) is 16.9 Å². The second-order valence-corrected chi connectivity index (χ2v) is 9.81. The van der Waals surface area contributed by atoms with Crippen molar-refractivity contribution in [3.8, 4) is 0 Å². The van der Waals surface area contributed by atoms with Crippen LogP contribution in [0.3, 0.4) is 0 Å². The number of benzene rings is 1. The van der Waals surface area contributed by atoms with Crippen molar-refractivity contribution in [3.05, 3.63) is 52.9 Å². The number of aryl methyl sites for hydroxylation is 2. The monoisotopic (exact) mass is 569 g/mol. The van der Waals surface area contributed by atoms with Crippen LogP contribution in [0.25, 0.3) is 11.2 Å². The van der Waals surface area contributed by atoms with Gasteiger partial charge < -0.3 is 10.6 Å². The molecule has 4 rings (SSSR count). The standard InChI is InChI=1S/C19H18ClIN7PS/c1-10-4-7-16(27-26-10)24-17-9-14(18-19(25-17)28(29-21)11(2)22-18)23-13-6-5-12(20)8-15(13)30-3/h4-9,29H,1-3H3,(H2,23,24,25,27). The normalized spacial score (nSPS) is 11.5. The minimum Gasteiger partial charge on any atom is -0.353 e. The number of pyridine rings is 1. The van der Waals surface area contributed by atoms with E-state index in [0.29, 0.717) is 23.0 Å². The third-order valence-electron chi connectivity index (χ3n) is 4.35. The van der Waals surface area contributed by atoms with Gasteiger partial charge in [-0.3, -0.25) is 4.34 Å². The number of aromatic nitrogens is 5. The molecule has 154 valence electrons. The van der Waals surface area contributed by atoms with Gasteiger partial charge in [0, 0.05) is 16.0 Å². The maximum Gasteiger partial charge on any atom is 0.168 e. The van der Waals surface area contributed by atoms with Crippen LogP contribution in [0.4, 0.5) is 23.0 Å². The van der Waals surface area contributed by atoms with Gasteiger partial charge in [0.05, 0.1) is 23.4 Å². The first kappa shape index (κ1) is 21.5. The largest absolute Gasteiger partial charge is 0.353 e. The number of hydrogen-bond donors (Lipinski definition) is 2. The Bertz CT molecular complexity index is 1220. The smallest absolute Gasteiger partial charge is 0.168 e. The highest BCUT2D eigenvalue weighted by Crippen LogP contribution is 2.37. The Morgan fingerprint density at radius 3 is 2.53 bits per heavy atom. The van der Waals surface area contributed by atoms with Crippen molar-refractivity contribution >= 4 is 86.0 Å². The third-order valence-corrected chi connectivity index (χ3v) is 7.52. The summed E-state index contributed by atoms with van der Waals surface area (Å²) in [4.78, 5) is 10.6. The summed E-state index contributed by atoms with van der Waals surface area (Å²) in [6.07, 6.45) is 2.51. The lowest BCUT2D eigenvalue weighted by molar-refractivity contribution is 0.984. The SMILES string of the molecule is CSc1cc(Cl)ccc1Nc1cc(Nc2ccc(C)nn2)nc2c1nc(C)n2PI. The lowest BCUT2D eigenvalue weighted by Crippen LogP contribution is -2.01.